The second kappa shape index (κ2) is 8.90. The van der Waals surface area contributed by atoms with E-state index in [0.717, 1.165) is 6.42 Å². The maximum absolute atomic E-state index is 12.1. The Morgan fingerprint density at radius 1 is 1.12 bits per heavy atom. The van der Waals surface area contributed by atoms with Crippen LogP contribution in [-0.4, -0.2) is 44.0 Å². The normalized spacial score (nSPS) is 12.4. The maximum atomic E-state index is 12.1. The van der Waals surface area contributed by atoms with E-state index in [1.165, 1.54) is 0 Å². The zero-order valence-electron chi connectivity index (χ0n) is 13.6. The Balaban J connectivity index is 1.76. The number of carbonyl (C=O) groups excluding carboxylic acids is 3. The third kappa shape index (κ3) is 5.26. The van der Waals surface area contributed by atoms with E-state index < -0.39 is 5.97 Å². The van der Waals surface area contributed by atoms with Crippen LogP contribution in [0.1, 0.15) is 36.5 Å². The molecular formula is C17H21NO6. The number of carbonyl (C=O) groups is 3. The van der Waals surface area contributed by atoms with Crippen molar-refractivity contribution in [2.45, 2.75) is 26.2 Å². The van der Waals surface area contributed by atoms with Crippen LogP contribution < -0.4 is 14.8 Å². The first-order valence-electron chi connectivity index (χ1n) is 7.95. The molecule has 0 fully saturated rings. The molecule has 1 N–H and O–H groups in total. The largest absolute Gasteiger partial charge is 0.486 e. The van der Waals surface area contributed by atoms with Gasteiger partial charge >= 0.3 is 5.97 Å². The number of Topliss-reactive ketones (excluding diaryl/α,β-unsaturated/α-hetero) is 1. The molecule has 1 aliphatic heterocycles. The van der Waals surface area contributed by atoms with Crippen LogP contribution in [0.2, 0.25) is 0 Å². The summed E-state index contributed by atoms with van der Waals surface area (Å²) < 4.78 is 15.6. The van der Waals surface area contributed by atoms with Gasteiger partial charge in [-0.25, -0.2) is 0 Å². The molecule has 0 bridgehead atoms. The molecule has 0 saturated heterocycles. The Hall–Kier alpha value is -2.57. The zero-order chi connectivity index (χ0) is 17.4. The third-order valence-electron chi connectivity index (χ3n) is 3.36. The number of rotatable bonds is 8. The van der Waals surface area contributed by atoms with Crippen molar-refractivity contribution in [1.82, 2.24) is 5.32 Å². The van der Waals surface area contributed by atoms with Gasteiger partial charge < -0.3 is 19.5 Å². The molecule has 1 heterocycles. The summed E-state index contributed by atoms with van der Waals surface area (Å²) in [4.78, 5) is 35.0. The molecule has 7 heteroatoms. The standard InChI is InChI=1S/C17H21NO6/c1-2-7-18-16(20)11-24-17(21)6-4-13(19)12-3-5-14-15(10-12)23-9-8-22-14/h3,5,10H,2,4,6-9,11H2,1H3,(H,18,20). The molecule has 24 heavy (non-hydrogen) atoms. The summed E-state index contributed by atoms with van der Waals surface area (Å²) in [6.07, 6.45) is 0.743. The predicted molar refractivity (Wildman–Crippen MR) is 85.3 cm³/mol. The maximum Gasteiger partial charge on any atom is 0.306 e. The molecule has 7 nitrogen and oxygen atoms in total. The van der Waals surface area contributed by atoms with E-state index in [0.29, 0.717) is 36.8 Å². The molecule has 1 aromatic carbocycles. The van der Waals surface area contributed by atoms with Gasteiger partial charge in [0.2, 0.25) is 0 Å². The lowest BCUT2D eigenvalue weighted by molar-refractivity contribution is -0.148. The lowest BCUT2D eigenvalue weighted by Gasteiger charge is -2.18. The Labute approximate surface area is 140 Å². The SMILES string of the molecule is CCCNC(=O)COC(=O)CCC(=O)c1ccc2c(c1)OCCO2. The first-order chi connectivity index (χ1) is 11.6. The minimum Gasteiger partial charge on any atom is -0.486 e. The van der Waals surface area contributed by atoms with Crippen LogP contribution in [-0.2, 0) is 14.3 Å². The van der Waals surface area contributed by atoms with Crippen molar-refractivity contribution >= 4 is 17.7 Å². The number of fused-ring (bicyclic) bond motifs is 1. The Bertz CT molecular complexity index is 613. The van der Waals surface area contributed by atoms with Crippen LogP contribution in [0.5, 0.6) is 11.5 Å². The lowest BCUT2D eigenvalue weighted by Crippen LogP contribution is -2.29. The first-order valence-corrected chi connectivity index (χ1v) is 7.95. The highest BCUT2D eigenvalue weighted by atomic mass is 16.6. The van der Waals surface area contributed by atoms with Gasteiger partial charge in [-0.3, -0.25) is 14.4 Å². The van der Waals surface area contributed by atoms with Gasteiger partial charge in [-0.05, 0) is 24.6 Å². The molecule has 0 aliphatic carbocycles. The van der Waals surface area contributed by atoms with E-state index in [1.54, 1.807) is 18.2 Å². The van der Waals surface area contributed by atoms with Gasteiger partial charge in [0.05, 0.1) is 6.42 Å². The van der Waals surface area contributed by atoms with Crippen LogP contribution in [0.4, 0.5) is 0 Å². The third-order valence-corrected chi connectivity index (χ3v) is 3.36. The van der Waals surface area contributed by atoms with Gasteiger partial charge in [0.25, 0.3) is 5.91 Å². The minimum atomic E-state index is -0.576. The molecule has 1 aliphatic rings. The van der Waals surface area contributed by atoms with Crippen molar-refractivity contribution in [3.05, 3.63) is 23.8 Å². The van der Waals surface area contributed by atoms with Crippen LogP contribution >= 0.6 is 0 Å². The second-order valence-corrected chi connectivity index (χ2v) is 5.29. The summed E-state index contributed by atoms with van der Waals surface area (Å²) in [5, 5.41) is 2.60. The summed E-state index contributed by atoms with van der Waals surface area (Å²) in [6.45, 7) is 3.07. The molecule has 1 amide bonds. The topological polar surface area (TPSA) is 90.9 Å². The second-order valence-electron chi connectivity index (χ2n) is 5.29. The number of ether oxygens (including phenoxy) is 3. The summed E-state index contributed by atoms with van der Waals surface area (Å²) in [7, 11) is 0. The molecule has 130 valence electrons. The van der Waals surface area contributed by atoms with Gasteiger partial charge in [-0.1, -0.05) is 6.92 Å². The number of amides is 1. The van der Waals surface area contributed by atoms with Crippen molar-refractivity contribution < 1.29 is 28.6 Å². The van der Waals surface area contributed by atoms with Crippen molar-refractivity contribution in [1.29, 1.82) is 0 Å². The van der Waals surface area contributed by atoms with Crippen molar-refractivity contribution in [3.8, 4) is 11.5 Å². The molecule has 0 atom stereocenters. The smallest absolute Gasteiger partial charge is 0.306 e. The number of hydrogen-bond acceptors (Lipinski definition) is 6. The molecule has 0 spiro atoms. The number of nitrogens with one attached hydrogen (secondary N) is 1. The average molecular weight is 335 g/mol. The van der Waals surface area contributed by atoms with Crippen LogP contribution in [0, 0.1) is 0 Å². The summed E-state index contributed by atoms with van der Waals surface area (Å²) in [5.74, 6) is 0.0211. The molecule has 0 aromatic heterocycles. The molecule has 0 saturated carbocycles. The first kappa shape index (κ1) is 17.8. The Morgan fingerprint density at radius 2 is 1.88 bits per heavy atom. The van der Waals surface area contributed by atoms with E-state index in [9.17, 15) is 14.4 Å². The highest BCUT2D eigenvalue weighted by Crippen LogP contribution is 2.31. The van der Waals surface area contributed by atoms with Crippen LogP contribution in [0.3, 0.4) is 0 Å². The quantitative estimate of drug-likeness (QED) is 0.572. The minimum absolute atomic E-state index is 0.00898. The van der Waals surface area contributed by atoms with Gasteiger partial charge in [-0.15, -0.1) is 0 Å². The number of hydrogen-bond donors (Lipinski definition) is 1. The highest BCUT2D eigenvalue weighted by Gasteiger charge is 2.16. The van der Waals surface area contributed by atoms with Gasteiger partial charge in [0, 0.05) is 18.5 Å². The predicted octanol–water partition coefficient (Wildman–Crippen LogP) is 1.49. The van der Waals surface area contributed by atoms with E-state index in [4.69, 9.17) is 14.2 Å². The Morgan fingerprint density at radius 3 is 2.62 bits per heavy atom. The van der Waals surface area contributed by atoms with Crippen LogP contribution in [0.15, 0.2) is 18.2 Å². The van der Waals surface area contributed by atoms with Crippen molar-refractivity contribution in [2.24, 2.45) is 0 Å². The molecule has 1 aromatic rings. The number of esters is 1. The van der Waals surface area contributed by atoms with Gasteiger partial charge in [0.1, 0.15) is 13.2 Å². The van der Waals surface area contributed by atoms with Crippen molar-refractivity contribution in [3.63, 3.8) is 0 Å². The summed E-state index contributed by atoms with van der Waals surface area (Å²) >= 11 is 0. The highest BCUT2D eigenvalue weighted by molar-refractivity contribution is 5.98. The van der Waals surface area contributed by atoms with Crippen molar-refractivity contribution in [2.75, 3.05) is 26.4 Å². The van der Waals surface area contributed by atoms with Gasteiger partial charge in [-0.2, -0.15) is 0 Å². The fourth-order valence-electron chi connectivity index (χ4n) is 2.11. The average Bonchev–Trinajstić information content (AvgIpc) is 2.62. The van der Waals surface area contributed by atoms with E-state index in [1.807, 2.05) is 6.92 Å². The zero-order valence-corrected chi connectivity index (χ0v) is 13.6. The van der Waals surface area contributed by atoms with E-state index in [2.05, 4.69) is 5.32 Å². The fourth-order valence-corrected chi connectivity index (χ4v) is 2.11. The molecule has 0 unspecified atom stereocenters. The van der Waals surface area contributed by atoms with Crippen LogP contribution in [0.25, 0.3) is 0 Å². The Kier molecular flexibility index (Phi) is 6.60. The van der Waals surface area contributed by atoms with E-state index >= 15 is 0 Å². The molecule has 2 rings (SSSR count). The lowest BCUT2D eigenvalue weighted by atomic mass is 10.1. The summed E-state index contributed by atoms with van der Waals surface area (Å²) in [6, 6.07) is 4.93. The molecular weight excluding hydrogens is 314 g/mol. The summed E-state index contributed by atoms with van der Waals surface area (Å²) in [5.41, 5.74) is 0.452. The molecule has 0 radical (unpaired) electrons. The van der Waals surface area contributed by atoms with E-state index in [-0.39, 0.29) is 31.1 Å². The van der Waals surface area contributed by atoms with Gasteiger partial charge in [0.15, 0.2) is 23.9 Å². The number of ketones is 1. The monoisotopic (exact) mass is 335 g/mol. The fraction of sp³-hybridized carbons (Fsp3) is 0.471. The number of benzene rings is 1.